The third-order valence-corrected chi connectivity index (χ3v) is 6.00. The van der Waals surface area contributed by atoms with Crippen LogP contribution >= 0.6 is 35.3 Å². The van der Waals surface area contributed by atoms with Gasteiger partial charge in [0.25, 0.3) is 0 Å². The van der Waals surface area contributed by atoms with Crippen LogP contribution in [-0.2, 0) is 18.3 Å². The van der Waals surface area contributed by atoms with Crippen LogP contribution in [0.3, 0.4) is 0 Å². The Labute approximate surface area is 199 Å². The Balaban J connectivity index is 0.00000320. The minimum absolute atomic E-state index is 0. The molecule has 3 rings (SSSR count). The van der Waals surface area contributed by atoms with Gasteiger partial charge in [0.05, 0.1) is 18.8 Å². The summed E-state index contributed by atoms with van der Waals surface area (Å²) in [4.78, 5) is 8.54. The number of thiophene rings is 1. The van der Waals surface area contributed by atoms with Crippen molar-refractivity contribution in [3.63, 3.8) is 0 Å². The van der Waals surface area contributed by atoms with Crippen LogP contribution in [0.4, 0.5) is 0 Å². The van der Waals surface area contributed by atoms with E-state index in [4.69, 9.17) is 9.73 Å². The first kappa shape index (κ1) is 24.8. The number of aliphatic imine (C=N–C) groups is 1. The lowest BCUT2D eigenvalue weighted by molar-refractivity contribution is -0.0334. The van der Waals surface area contributed by atoms with Gasteiger partial charge in [-0.25, -0.2) is 4.99 Å². The summed E-state index contributed by atoms with van der Waals surface area (Å²) in [5, 5.41) is 17.2. The molecule has 1 aliphatic heterocycles. The summed E-state index contributed by atoms with van der Waals surface area (Å²) in [5.74, 6) is 2.45. The summed E-state index contributed by atoms with van der Waals surface area (Å²) >= 11 is 1.79. The molecule has 0 amide bonds. The SMILES string of the molecule is C=CCNC(=NCc1nnc(C)n1C)NCC(c1cccs1)N1CCOC(C)C1.I. The van der Waals surface area contributed by atoms with Gasteiger partial charge in [-0.2, -0.15) is 0 Å². The zero-order valence-corrected chi connectivity index (χ0v) is 21.0. The van der Waals surface area contributed by atoms with Crippen molar-refractivity contribution < 1.29 is 4.74 Å². The second-order valence-corrected chi connectivity index (χ2v) is 8.12. The predicted octanol–water partition coefficient (Wildman–Crippen LogP) is 2.49. The lowest BCUT2D eigenvalue weighted by Crippen LogP contribution is -2.48. The normalized spacial score (nSPS) is 18.5. The molecule has 10 heteroatoms. The quantitative estimate of drug-likeness (QED) is 0.230. The van der Waals surface area contributed by atoms with E-state index in [1.54, 1.807) is 11.3 Å². The monoisotopic (exact) mass is 545 g/mol. The molecular formula is C20H32IN7OS. The Morgan fingerprint density at radius 3 is 2.93 bits per heavy atom. The molecule has 1 fully saturated rings. The molecule has 0 aromatic carbocycles. The topological polar surface area (TPSA) is 79.6 Å². The van der Waals surface area contributed by atoms with E-state index in [0.717, 1.165) is 43.8 Å². The minimum Gasteiger partial charge on any atom is -0.376 e. The van der Waals surface area contributed by atoms with Crippen molar-refractivity contribution in [3.8, 4) is 0 Å². The van der Waals surface area contributed by atoms with Gasteiger partial charge >= 0.3 is 0 Å². The molecule has 2 aromatic heterocycles. The van der Waals surface area contributed by atoms with Crippen molar-refractivity contribution in [2.24, 2.45) is 12.0 Å². The van der Waals surface area contributed by atoms with Gasteiger partial charge in [-0.3, -0.25) is 4.90 Å². The summed E-state index contributed by atoms with van der Waals surface area (Å²) in [6.07, 6.45) is 2.07. The Hall–Kier alpha value is -1.50. The summed E-state index contributed by atoms with van der Waals surface area (Å²) in [5.41, 5.74) is 0. The fraction of sp³-hybridized carbons (Fsp3) is 0.550. The molecule has 1 aliphatic rings. The average molecular weight is 545 g/mol. The molecule has 30 heavy (non-hydrogen) atoms. The first-order valence-electron chi connectivity index (χ1n) is 9.95. The van der Waals surface area contributed by atoms with Gasteiger partial charge in [0.15, 0.2) is 11.8 Å². The minimum atomic E-state index is 0. The van der Waals surface area contributed by atoms with E-state index in [9.17, 15) is 0 Å². The van der Waals surface area contributed by atoms with E-state index in [1.807, 2.05) is 24.6 Å². The van der Waals surface area contributed by atoms with E-state index >= 15 is 0 Å². The molecule has 2 aromatic rings. The molecule has 166 valence electrons. The van der Waals surface area contributed by atoms with Crippen molar-refractivity contribution in [1.82, 2.24) is 30.3 Å². The van der Waals surface area contributed by atoms with Crippen LogP contribution < -0.4 is 10.6 Å². The maximum absolute atomic E-state index is 5.73. The first-order chi connectivity index (χ1) is 14.1. The molecular weight excluding hydrogens is 513 g/mol. The molecule has 0 saturated carbocycles. The molecule has 3 heterocycles. The number of morpholine rings is 1. The maximum Gasteiger partial charge on any atom is 0.192 e. The molecule has 1 saturated heterocycles. The van der Waals surface area contributed by atoms with E-state index in [1.165, 1.54) is 4.88 Å². The van der Waals surface area contributed by atoms with Crippen LogP contribution in [0.2, 0.25) is 0 Å². The van der Waals surface area contributed by atoms with Crippen LogP contribution in [0.1, 0.15) is 29.5 Å². The number of halogens is 1. The lowest BCUT2D eigenvalue weighted by Gasteiger charge is -2.37. The summed E-state index contributed by atoms with van der Waals surface area (Å²) in [6, 6.07) is 4.58. The summed E-state index contributed by atoms with van der Waals surface area (Å²) in [7, 11) is 1.96. The van der Waals surface area contributed by atoms with Gasteiger partial charge in [-0.05, 0) is 25.3 Å². The van der Waals surface area contributed by atoms with E-state index < -0.39 is 0 Å². The van der Waals surface area contributed by atoms with E-state index in [0.29, 0.717) is 13.1 Å². The third kappa shape index (κ3) is 6.76. The van der Waals surface area contributed by atoms with Crippen molar-refractivity contribution in [3.05, 3.63) is 46.7 Å². The Morgan fingerprint density at radius 2 is 2.30 bits per heavy atom. The van der Waals surface area contributed by atoms with Gasteiger partial charge in [0.2, 0.25) is 0 Å². The van der Waals surface area contributed by atoms with Crippen LogP contribution in [0.5, 0.6) is 0 Å². The molecule has 0 bridgehead atoms. The van der Waals surface area contributed by atoms with Crippen LogP contribution in [0.15, 0.2) is 35.2 Å². The molecule has 2 unspecified atom stereocenters. The average Bonchev–Trinajstić information content (AvgIpc) is 3.35. The van der Waals surface area contributed by atoms with Crippen molar-refractivity contribution in [2.75, 3.05) is 32.8 Å². The lowest BCUT2D eigenvalue weighted by atomic mass is 10.1. The smallest absolute Gasteiger partial charge is 0.192 e. The standard InChI is InChI=1S/C20H31N7OS.HI/c1-5-8-21-20(23-13-19-25-24-16(3)26(19)4)22-12-17(18-7-6-11-29-18)27-9-10-28-15(2)14-27;/h5-7,11,15,17H,1,8-10,12-14H2,2-4H3,(H2,21,22,23);1H. The Bertz CT molecular complexity index is 808. The number of hydrogen-bond acceptors (Lipinski definition) is 6. The van der Waals surface area contributed by atoms with Crippen molar-refractivity contribution in [2.45, 2.75) is 32.5 Å². The third-order valence-electron chi connectivity index (χ3n) is 5.02. The second-order valence-electron chi connectivity index (χ2n) is 7.15. The number of nitrogens with one attached hydrogen (secondary N) is 2. The number of nitrogens with zero attached hydrogens (tertiary/aromatic N) is 5. The van der Waals surface area contributed by atoms with Crippen LogP contribution in [-0.4, -0.2) is 64.5 Å². The van der Waals surface area contributed by atoms with Gasteiger partial charge in [-0.15, -0.1) is 52.1 Å². The van der Waals surface area contributed by atoms with Gasteiger partial charge in [0, 0.05) is 38.1 Å². The fourth-order valence-corrected chi connectivity index (χ4v) is 4.15. The van der Waals surface area contributed by atoms with Crippen LogP contribution in [0.25, 0.3) is 0 Å². The number of ether oxygens (including phenoxy) is 1. The van der Waals surface area contributed by atoms with Gasteiger partial charge < -0.3 is 19.9 Å². The number of aryl methyl sites for hydroxylation is 1. The number of hydrogen-bond donors (Lipinski definition) is 2. The highest BCUT2D eigenvalue weighted by Gasteiger charge is 2.26. The summed E-state index contributed by atoms with van der Waals surface area (Å²) in [6.45, 7) is 12.3. The number of rotatable bonds is 8. The highest BCUT2D eigenvalue weighted by atomic mass is 127. The van der Waals surface area contributed by atoms with Gasteiger partial charge in [-0.1, -0.05) is 12.1 Å². The van der Waals surface area contributed by atoms with Gasteiger partial charge in [0.1, 0.15) is 12.4 Å². The fourth-order valence-electron chi connectivity index (χ4n) is 3.29. The molecule has 2 N–H and O–H groups in total. The number of aromatic nitrogens is 3. The molecule has 0 spiro atoms. The molecule has 8 nitrogen and oxygen atoms in total. The molecule has 2 atom stereocenters. The zero-order valence-electron chi connectivity index (χ0n) is 17.9. The Morgan fingerprint density at radius 1 is 1.47 bits per heavy atom. The van der Waals surface area contributed by atoms with Crippen molar-refractivity contribution in [1.29, 1.82) is 0 Å². The largest absolute Gasteiger partial charge is 0.376 e. The molecule has 0 aliphatic carbocycles. The van der Waals surface area contributed by atoms with Crippen molar-refractivity contribution >= 4 is 41.3 Å². The highest BCUT2D eigenvalue weighted by Crippen LogP contribution is 2.26. The van der Waals surface area contributed by atoms with Crippen LogP contribution in [0, 0.1) is 6.92 Å². The van der Waals surface area contributed by atoms with E-state index in [-0.39, 0.29) is 36.1 Å². The molecule has 0 radical (unpaired) electrons. The summed E-state index contributed by atoms with van der Waals surface area (Å²) < 4.78 is 7.69. The number of guanidine groups is 1. The first-order valence-corrected chi connectivity index (χ1v) is 10.8. The Kier molecular flexibility index (Phi) is 10.2. The highest BCUT2D eigenvalue weighted by molar-refractivity contribution is 14.0. The maximum atomic E-state index is 5.73. The van der Waals surface area contributed by atoms with E-state index in [2.05, 4.69) is 56.7 Å². The zero-order chi connectivity index (χ0) is 20.6. The predicted molar refractivity (Wildman–Crippen MR) is 133 cm³/mol. The second kappa shape index (κ2) is 12.4.